The maximum atomic E-state index is 11.0. The summed E-state index contributed by atoms with van der Waals surface area (Å²) >= 11 is 0. The molecule has 0 radical (unpaired) electrons. The Labute approximate surface area is 136 Å². The van der Waals surface area contributed by atoms with Crippen LogP contribution in [0.4, 0.5) is 0 Å². The second-order valence-corrected chi connectivity index (χ2v) is 3.40. The largest absolute Gasteiger partial charge is 1.00 e. The molecular formula is C15H15NaO3. The van der Waals surface area contributed by atoms with Crippen molar-refractivity contribution in [3.05, 3.63) is 72.3 Å². The molecule has 94 valence electrons. The summed E-state index contributed by atoms with van der Waals surface area (Å²) < 4.78 is 4.36. The van der Waals surface area contributed by atoms with Crippen molar-refractivity contribution in [3.63, 3.8) is 0 Å². The fourth-order valence-electron chi connectivity index (χ4n) is 1.15. The van der Waals surface area contributed by atoms with Crippen LogP contribution >= 0.6 is 0 Å². The summed E-state index contributed by atoms with van der Waals surface area (Å²) in [6.45, 7) is 1.20. The number of carbonyl (C=O) groups is 2. The first-order valence-electron chi connectivity index (χ1n) is 5.48. The monoisotopic (exact) mass is 266 g/mol. The van der Waals surface area contributed by atoms with E-state index < -0.39 is 11.9 Å². The topological polar surface area (TPSA) is 43.4 Å². The smallest absolute Gasteiger partial charge is 1.00 e. The van der Waals surface area contributed by atoms with Crippen molar-refractivity contribution in [1.82, 2.24) is 0 Å². The van der Waals surface area contributed by atoms with E-state index in [0.29, 0.717) is 5.56 Å². The van der Waals surface area contributed by atoms with Gasteiger partial charge >= 0.3 is 41.5 Å². The molecule has 2 aromatic carbocycles. The zero-order valence-corrected chi connectivity index (χ0v) is 13.1. The van der Waals surface area contributed by atoms with Gasteiger partial charge in [-0.1, -0.05) is 54.6 Å². The number of esters is 2. The molecule has 0 heterocycles. The standard InChI is InChI=1S/C9H8O3.C6H6.Na.H/c1-7(10)12-9(11)8-5-3-2-4-6-8;1-2-4-6-5-3-1;;/h2-6H,1H3;1-6H;;/q;;+1;-1. The van der Waals surface area contributed by atoms with Gasteiger partial charge in [0.2, 0.25) is 0 Å². The molecule has 0 aliphatic carbocycles. The summed E-state index contributed by atoms with van der Waals surface area (Å²) in [6.07, 6.45) is 0. The van der Waals surface area contributed by atoms with Gasteiger partial charge in [0.15, 0.2) is 0 Å². The molecule has 0 aliphatic rings. The normalized spacial score (nSPS) is 8.26. The van der Waals surface area contributed by atoms with Crippen LogP contribution in [0.25, 0.3) is 0 Å². The Morgan fingerprint density at radius 1 is 0.842 bits per heavy atom. The molecule has 0 unspecified atom stereocenters. The summed E-state index contributed by atoms with van der Waals surface area (Å²) in [6, 6.07) is 20.4. The average molecular weight is 266 g/mol. The van der Waals surface area contributed by atoms with Crippen molar-refractivity contribution in [2.75, 3.05) is 0 Å². The van der Waals surface area contributed by atoms with Crippen LogP contribution in [0.3, 0.4) is 0 Å². The maximum absolute atomic E-state index is 11.0. The van der Waals surface area contributed by atoms with E-state index in [0.717, 1.165) is 0 Å². The number of rotatable bonds is 1. The summed E-state index contributed by atoms with van der Waals surface area (Å²) in [5, 5.41) is 0. The fraction of sp³-hybridized carbons (Fsp3) is 0.0667. The third-order valence-corrected chi connectivity index (χ3v) is 1.91. The third kappa shape index (κ3) is 8.32. The third-order valence-electron chi connectivity index (χ3n) is 1.91. The van der Waals surface area contributed by atoms with E-state index in [9.17, 15) is 9.59 Å². The minimum absolute atomic E-state index is 0. The molecule has 0 aromatic heterocycles. The Morgan fingerprint density at radius 3 is 1.58 bits per heavy atom. The number of benzene rings is 2. The molecule has 0 N–H and O–H groups in total. The van der Waals surface area contributed by atoms with Gasteiger partial charge in [0.1, 0.15) is 0 Å². The maximum Gasteiger partial charge on any atom is 1.00 e. The molecule has 4 heteroatoms. The van der Waals surface area contributed by atoms with Crippen LogP contribution < -0.4 is 29.6 Å². The van der Waals surface area contributed by atoms with Crippen LogP contribution in [0.5, 0.6) is 0 Å². The minimum Gasteiger partial charge on any atom is -1.00 e. The van der Waals surface area contributed by atoms with Gasteiger partial charge in [-0.25, -0.2) is 4.79 Å². The zero-order chi connectivity index (χ0) is 13.2. The summed E-state index contributed by atoms with van der Waals surface area (Å²) in [4.78, 5) is 21.4. The number of ether oxygens (including phenoxy) is 1. The van der Waals surface area contributed by atoms with E-state index in [1.807, 2.05) is 36.4 Å². The van der Waals surface area contributed by atoms with Crippen LogP contribution in [-0.4, -0.2) is 11.9 Å². The van der Waals surface area contributed by atoms with Crippen molar-refractivity contribution < 1.29 is 45.3 Å². The molecule has 0 saturated carbocycles. The molecule has 0 fully saturated rings. The average Bonchev–Trinajstić information content (AvgIpc) is 2.42. The Kier molecular flexibility index (Phi) is 9.71. The molecule has 0 bridgehead atoms. The van der Waals surface area contributed by atoms with Gasteiger partial charge in [0.25, 0.3) is 0 Å². The molecule has 0 aliphatic heterocycles. The Balaban J connectivity index is 0. The second kappa shape index (κ2) is 10.5. The molecule has 0 amide bonds. The molecule has 2 rings (SSSR count). The first-order chi connectivity index (χ1) is 8.70. The number of hydrogen-bond acceptors (Lipinski definition) is 3. The van der Waals surface area contributed by atoms with E-state index in [1.54, 1.807) is 30.3 Å². The van der Waals surface area contributed by atoms with E-state index in [4.69, 9.17) is 0 Å². The molecular weight excluding hydrogens is 251 g/mol. The molecule has 19 heavy (non-hydrogen) atoms. The molecule has 3 nitrogen and oxygen atoms in total. The van der Waals surface area contributed by atoms with Crippen LogP contribution in [0, 0.1) is 0 Å². The number of carbonyl (C=O) groups excluding carboxylic acids is 2. The number of hydrogen-bond donors (Lipinski definition) is 0. The Morgan fingerprint density at radius 2 is 1.21 bits per heavy atom. The van der Waals surface area contributed by atoms with Gasteiger partial charge in [-0.15, -0.1) is 0 Å². The Bertz CT molecular complexity index is 462. The summed E-state index contributed by atoms with van der Waals surface area (Å²) in [5.74, 6) is -1.20. The van der Waals surface area contributed by atoms with Gasteiger partial charge in [0, 0.05) is 6.92 Å². The molecule has 0 atom stereocenters. The first kappa shape index (κ1) is 17.6. The minimum atomic E-state index is -0.608. The Hall–Kier alpha value is -1.42. The van der Waals surface area contributed by atoms with Crippen molar-refractivity contribution in [2.24, 2.45) is 0 Å². The molecule has 2 aromatic rings. The first-order valence-corrected chi connectivity index (χ1v) is 5.48. The van der Waals surface area contributed by atoms with Crippen LogP contribution in [0.1, 0.15) is 18.7 Å². The van der Waals surface area contributed by atoms with Gasteiger partial charge in [0.05, 0.1) is 5.56 Å². The zero-order valence-electron chi connectivity index (χ0n) is 12.1. The molecule has 0 saturated heterocycles. The van der Waals surface area contributed by atoms with Crippen molar-refractivity contribution >= 4 is 11.9 Å². The summed E-state index contributed by atoms with van der Waals surface area (Å²) in [5.41, 5.74) is 0.382. The van der Waals surface area contributed by atoms with Crippen LogP contribution in [0.2, 0.25) is 0 Å². The van der Waals surface area contributed by atoms with Crippen molar-refractivity contribution in [1.29, 1.82) is 0 Å². The van der Waals surface area contributed by atoms with Crippen molar-refractivity contribution in [3.8, 4) is 0 Å². The van der Waals surface area contributed by atoms with Crippen molar-refractivity contribution in [2.45, 2.75) is 6.92 Å². The quantitative estimate of drug-likeness (QED) is 0.420. The summed E-state index contributed by atoms with van der Waals surface area (Å²) in [7, 11) is 0. The van der Waals surface area contributed by atoms with Gasteiger partial charge in [-0.2, -0.15) is 0 Å². The predicted molar refractivity (Wildman–Crippen MR) is 70.1 cm³/mol. The van der Waals surface area contributed by atoms with Crippen LogP contribution in [-0.2, 0) is 9.53 Å². The van der Waals surface area contributed by atoms with Gasteiger partial charge in [-0.05, 0) is 12.1 Å². The van der Waals surface area contributed by atoms with E-state index in [1.165, 1.54) is 6.92 Å². The van der Waals surface area contributed by atoms with E-state index >= 15 is 0 Å². The molecule has 0 spiro atoms. The van der Waals surface area contributed by atoms with E-state index in [2.05, 4.69) is 4.74 Å². The predicted octanol–water partition coefficient (Wildman–Crippen LogP) is 0.193. The van der Waals surface area contributed by atoms with Gasteiger partial charge < -0.3 is 6.16 Å². The second-order valence-electron chi connectivity index (χ2n) is 3.40. The van der Waals surface area contributed by atoms with Gasteiger partial charge in [-0.3, -0.25) is 4.79 Å². The fourth-order valence-corrected chi connectivity index (χ4v) is 1.15. The SMILES string of the molecule is CC(=O)OC(=O)c1ccccc1.[H-].[Na+].c1ccccc1. The van der Waals surface area contributed by atoms with E-state index in [-0.39, 0.29) is 31.0 Å². The van der Waals surface area contributed by atoms with Crippen LogP contribution in [0.15, 0.2) is 66.7 Å².